The van der Waals surface area contributed by atoms with Gasteiger partial charge in [-0.3, -0.25) is 4.79 Å². The molecule has 0 spiro atoms. The van der Waals surface area contributed by atoms with Crippen LogP contribution in [0, 0.1) is 17.3 Å². The highest BCUT2D eigenvalue weighted by atomic mass is 19.4. The van der Waals surface area contributed by atoms with Crippen molar-refractivity contribution >= 4 is 22.6 Å². The molecule has 3 aromatic rings. The van der Waals surface area contributed by atoms with Gasteiger partial charge in [-0.2, -0.15) is 0 Å². The van der Waals surface area contributed by atoms with Gasteiger partial charge in [-0.15, -0.1) is 13.2 Å². The molecular weight excluding hydrogens is 539 g/mol. The van der Waals surface area contributed by atoms with Crippen LogP contribution in [0.15, 0.2) is 60.7 Å². The van der Waals surface area contributed by atoms with Gasteiger partial charge < -0.3 is 25.0 Å². The van der Waals surface area contributed by atoms with Gasteiger partial charge in [-0.05, 0) is 79.5 Å². The maximum Gasteiger partial charge on any atom is 0.573 e. The summed E-state index contributed by atoms with van der Waals surface area (Å²) < 4.78 is 47.6. The quantitative estimate of drug-likeness (QED) is 0.315. The van der Waals surface area contributed by atoms with Crippen molar-refractivity contribution in [2.45, 2.75) is 63.1 Å². The van der Waals surface area contributed by atoms with Gasteiger partial charge in [-0.25, -0.2) is 4.79 Å². The average Bonchev–Trinajstić information content (AvgIpc) is 2.88. The first-order chi connectivity index (χ1) is 19.4. The summed E-state index contributed by atoms with van der Waals surface area (Å²) in [4.78, 5) is 26.3. The fourth-order valence-electron chi connectivity index (χ4n) is 7.83. The lowest BCUT2D eigenvalue weighted by Gasteiger charge is -2.61. The maximum absolute atomic E-state index is 13.7. The largest absolute Gasteiger partial charge is 0.573 e. The van der Waals surface area contributed by atoms with E-state index in [0.717, 1.165) is 11.8 Å². The smallest absolute Gasteiger partial charge is 0.487 e. The minimum Gasteiger partial charge on any atom is -0.487 e. The van der Waals surface area contributed by atoms with E-state index in [9.17, 15) is 33.0 Å². The maximum atomic E-state index is 13.7. The molecule has 4 aliphatic carbocycles. The van der Waals surface area contributed by atoms with Crippen LogP contribution in [0.4, 0.5) is 13.2 Å². The molecule has 4 fully saturated rings. The van der Waals surface area contributed by atoms with Gasteiger partial charge in [0.25, 0.3) is 5.91 Å². The third-order valence-corrected chi connectivity index (χ3v) is 8.87. The van der Waals surface area contributed by atoms with Crippen LogP contribution >= 0.6 is 0 Å². The number of carboxylic acids is 1. The van der Waals surface area contributed by atoms with Gasteiger partial charge >= 0.3 is 12.3 Å². The van der Waals surface area contributed by atoms with Gasteiger partial charge in [0.15, 0.2) is 0 Å². The predicted octanol–water partition coefficient (Wildman–Crippen LogP) is 5.83. The van der Waals surface area contributed by atoms with E-state index in [2.05, 4.69) is 10.1 Å². The first-order valence-electron chi connectivity index (χ1n) is 13.7. The van der Waals surface area contributed by atoms with Crippen molar-refractivity contribution in [1.82, 2.24) is 5.32 Å². The molecule has 7 nitrogen and oxygen atoms in total. The number of ether oxygens (including phenoxy) is 2. The summed E-state index contributed by atoms with van der Waals surface area (Å²) in [7, 11) is 0. The van der Waals surface area contributed by atoms with E-state index in [1.807, 2.05) is 12.1 Å². The molecule has 0 saturated heterocycles. The summed E-state index contributed by atoms with van der Waals surface area (Å²) in [5.41, 5.74) is -0.918. The molecule has 3 aromatic carbocycles. The number of rotatable bonds is 8. The zero-order valence-electron chi connectivity index (χ0n) is 22.1. The number of benzene rings is 3. The van der Waals surface area contributed by atoms with E-state index in [1.54, 1.807) is 24.3 Å². The second-order valence-corrected chi connectivity index (χ2v) is 11.9. The highest BCUT2D eigenvalue weighted by Gasteiger charge is 2.61. The highest BCUT2D eigenvalue weighted by molar-refractivity contribution is 6.05. The van der Waals surface area contributed by atoms with Crippen molar-refractivity contribution in [3.63, 3.8) is 0 Å². The third kappa shape index (κ3) is 5.45. The van der Waals surface area contributed by atoms with Crippen molar-refractivity contribution < 1.29 is 42.4 Å². The van der Waals surface area contributed by atoms with Crippen LogP contribution in [-0.4, -0.2) is 40.1 Å². The molecule has 2 unspecified atom stereocenters. The highest BCUT2D eigenvalue weighted by Crippen LogP contribution is 2.62. The summed E-state index contributed by atoms with van der Waals surface area (Å²) in [6.45, 7) is -0.0523. The lowest BCUT2D eigenvalue weighted by Crippen LogP contribution is -2.64. The van der Waals surface area contributed by atoms with Gasteiger partial charge in [-0.1, -0.05) is 42.5 Å². The topological polar surface area (TPSA) is 105 Å². The summed E-state index contributed by atoms with van der Waals surface area (Å²) in [6, 6.07) is 14.7. The zero-order valence-corrected chi connectivity index (χ0v) is 22.1. The second-order valence-electron chi connectivity index (χ2n) is 11.9. The molecule has 216 valence electrons. The monoisotopic (exact) mass is 569 g/mol. The molecule has 41 heavy (non-hydrogen) atoms. The van der Waals surface area contributed by atoms with Gasteiger partial charge in [0.1, 0.15) is 24.1 Å². The number of aliphatic carboxylic acids is 1. The molecule has 10 heteroatoms. The van der Waals surface area contributed by atoms with Crippen LogP contribution in [0.25, 0.3) is 10.8 Å². The normalized spacial score (nSPS) is 27.4. The molecule has 7 rings (SSSR count). The number of fused-ring (bicyclic) bond motifs is 1. The van der Waals surface area contributed by atoms with Gasteiger partial charge in [0, 0.05) is 10.8 Å². The van der Waals surface area contributed by atoms with Crippen LogP contribution in [0.5, 0.6) is 11.5 Å². The third-order valence-electron chi connectivity index (χ3n) is 8.87. The van der Waals surface area contributed by atoms with Crippen molar-refractivity contribution in [2.75, 3.05) is 0 Å². The summed E-state index contributed by atoms with van der Waals surface area (Å²) in [5, 5.41) is 25.7. The number of alkyl halides is 3. The minimum atomic E-state index is -4.80. The number of carbonyl (C=O) groups is 2. The van der Waals surface area contributed by atoms with E-state index in [-0.39, 0.29) is 35.5 Å². The second kappa shape index (κ2) is 9.94. The fourth-order valence-corrected chi connectivity index (χ4v) is 7.83. The number of nitrogens with one attached hydrogen (secondary N) is 1. The minimum absolute atomic E-state index is 0.0523. The number of amides is 1. The van der Waals surface area contributed by atoms with Gasteiger partial charge in [0.05, 0.1) is 11.2 Å². The number of aliphatic hydroxyl groups is 1. The van der Waals surface area contributed by atoms with Crippen molar-refractivity contribution in [2.24, 2.45) is 17.3 Å². The number of carbonyl (C=O) groups excluding carboxylic acids is 1. The van der Waals surface area contributed by atoms with Crippen molar-refractivity contribution in [3.05, 3.63) is 71.8 Å². The molecular formula is C31H30F3NO6. The zero-order chi connectivity index (χ0) is 29.0. The van der Waals surface area contributed by atoms with E-state index >= 15 is 0 Å². The Balaban J connectivity index is 1.27. The van der Waals surface area contributed by atoms with Crippen LogP contribution in [0.3, 0.4) is 0 Å². The molecule has 0 aliphatic heterocycles. The molecule has 1 amide bonds. The Hall–Kier alpha value is -3.79. The van der Waals surface area contributed by atoms with E-state index in [4.69, 9.17) is 4.74 Å². The summed E-state index contributed by atoms with van der Waals surface area (Å²) in [5.74, 6) is -1.37. The number of halogens is 3. The molecule has 0 radical (unpaired) electrons. The van der Waals surface area contributed by atoms with Crippen molar-refractivity contribution in [3.8, 4) is 11.5 Å². The molecule has 3 N–H and O–H groups in total. The molecule has 4 bridgehead atoms. The first kappa shape index (κ1) is 27.4. The number of carboxylic acid groups (broad SMARTS) is 1. The standard InChI is InChI=1S/C31H30F3NO6/c32-31(33,34)41-22-8-5-18(6-9-22)16-40-25-23-4-2-1-3-21(23)7-10-24(25)27(36)35-26(28(37)38)29-12-19-11-20(13-29)15-30(39,14-19)17-29/h1-10,19-20,26,39H,11-17H2,(H,35,36)(H,37,38)/t19-,20+,26-,29?,30?/m1/s1. The van der Waals surface area contributed by atoms with Crippen LogP contribution in [0.2, 0.25) is 0 Å². The van der Waals surface area contributed by atoms with Gasteiger partial charge in [0.2, 0.25) is 0 Å². The van der Waals surface area contributed by atoms with Crippen LogP contribution in [-0.2, 0) is 11.4 Å². The average molecular weight is 570 g/mol. The Morgan fingerprint density at radius 3 is 2.29 bits per heavy atom. The van der Waals surface area contributed by atoms with Crippen molar-refractivity contribution in [1.29, 1.82) is 0 Å². The fraction of sp³-hybridized carbons (Fsp3) is 0.419. The lowest BCUT2D eigenvalue weighted by molar-refractivity contribution is -0.274. The molecule has 0 aromatic heterocycles. The van der Waals surface area contributed by atoms with Crippen LogP contribution < -0.4 is 14.8 Å². The number of hydrogen-bond donors (Lipinski definition) is 3. The molecule has 0 heterocycles. The summed E-state index contributed by atoms with van der Waals surface area (Å²) in [6.07, 6.45) is -0.813. The van der Waals surface area contributed by atoms with E-state index < -0.39 is 35.3 Å². The number of hydrogen-bond acceptors (Lipinski definition) is 5. The Morgan fingerprint density at radius 2 is 1.66 bits per heavy atom. The molecule has 4 saturated carbocycles. The Morgan fingerprint density at radius 1 is 0.976 bits per heavy atom. The Labute approximate surface area is 234 Å². The van der Waals surface area contributed by atoms with E-state index in [0.29, 0.717) is 43.1 Å². The SMILES string of the molecule is O=C(N[C@H](C(=O)O)C12C[C@@H]3C[C@@H](CC(O)(C3)C1)C2)c1ccc2ccccc2c1OCc1ccc(OC(F)(F)F)cc1. The first-order valence-corrected chi connectivity index (χ1v) is 13.7. The summed E-state index contributed by atoms with van der Waals surface area (Å²) >= 11 is 0. The van der Waals surface area contributed by atoms with E-state index in [1.165, 1.54) is 24.3 Å². The molecule has 4 aliphatic rings. The lowest BCUT2D eigenvalue weighted by atomic mass is 9.46. The molecule has 5 atom stereocenters. The Kier molecular flexibility index (Phi) is 6.64. The van der Waals surface area contributed by atoms with Crippen LogP contribution in [0.1, 0.15) is 54.4 Å². The predicted molar refractivity (Wildman–Crippen MR) is 142 cm³/mol. The Bertz CT molecular complexity index is 1470.